The first kappa shape index (κ1) is 13.9. The van der Waals surface area contributed by atoms with E-state index in [-0.39, 0.29) is 12.1 Å². The number of sulfonamides is 1. The Morgan fingerprint density at radius 1 is 1.00 bits per heavy atom. The molecule has 2 atom stereocenters. The number of benzene rings is 1. The fourth-order valence-corrected chi connectivity index (χ4v) is 5.11. The zero-order chi connectivity index (χ0) is 14.2. The third kappa shape index (κ3) is 2.44. The zero-order valence-corrected chi connectivity index (χ0v) is 12.6. The Morgan fingerprint density at radius 2 is 1.55 bits per heavy atom. The molecule has 0 bridgehead atoms. The van der Waals surface area contributed by atoms with Crippen LogP contribution in [0.15, 0.2) is 29.2 Å². The van der Waals surface area contributed by atoms with Crippen LogP contribution in [0.3, 0.4) is 0 Å². The molecule has 1 aliphatic carbocycles. The van der Waals surface area contributed by atoms with Crippen molar-refractivity contribution < 1.29 is 13.2 Å². The summed E-state index contributed by atoms with van der Waals surface area (Å²) in [5.74, 6) is 0.681. The molecule has 110 valence electrons. The zero-order valence-electron chi connectivity index (χ0n) is 11.8. The van der Waals surface area contributed by atoms with Crippen LogP contribution in [-0.4, -0.2) is 31.9 Å². The average molecular weight is 295 g/mol. The maximum Gasteiger partial charge on any atom is 0.243 e. The first-order valence-corrected chi connectivity index (χ1v) is 8.76. The number of hydrogen-bond acceptors (Lipinski definition) is 3. The molecule has 1 saturated carbocycles. The van der Waals surface area contributed by atoms with E-state index in [1.165, 1.54) is 12.8 Å². The van der Waals surface area contributed by atoms with Crippen LogP contribution in [0.25, 0.3) is 0 Å². The summed E-state index contributed by atoms with van der Waals surface area (Å²) < 4.78 is 32.1. The van der Waals surface area contributed by atoms with Crippen LogP contribution in [0.1, 0.15) is 38.5 Å². The van der Waals surface area contributed by atoms with Crippen molar-refractivity contribution in [2.45, 2.75) is 55.5 Å². The molecule has 2 aliphatic rings. The SMILES string of the molecule is COc1ccc(S(=O)(=O)N2C3CCCCCCC32)cc1. The highest BCUT2D eigenvalue weighted by Gasteiger charge is 2.54. The molecule has 0 aromatic heterocycles. The number of hydrogen-bond donors (Lipinski definition) is 0. The van der Waals surface area contributed by atoms with Gasteiger partial charge in [0.1, 0.15) is 5.75 Å². The van der Waals surface area contributed by atoms with E-state index < -0.39 is 10.0 Å². The minimum Gasteiger partial charge on any atom is -0.497 e. The van der Waals surface area contributed by atoms with E-state index in [1.54, 1.807) is 35.7 Å². The Kier molecular flexibility index (Phi) is 3.73. The Labute approximate surface area is 120 Å². The monoisotopic (exact) mass is 295 g/mol. The van der Waals surface area contributed by atoms with E-state index in [9.17, 15) is 8.42 Å². The minimum absolute atomic E-state index is 0.238. The fraction of sp³-hybridized carbons (Fsp3) is 0.600. The summed E-state index contributed by atoms with van der Waals surface area (Å²) in [6.07, 6.45) is 6.80. The van der Waals surface area contributed by atoms with Crippen LogP contribution in [0.5, 0.6) is 5.75 Å². The highest BCUT2D eigenvalue weighted by atomic mass is 32.2. The Morgan fingerprint density at radius 3 is 2.05 bits per heavy atom. The van der Waals surface area contributed by atoms with E-state index in [4.69, 9.17) is 4.74 Å². The molecule has 1 aromatic rings. The molecule has 0 radical (unpaired) electrons. The summed E-state index contributed by atoms with van der Waals surface area (Å²) in [6.45, 7) is 0. The van der Waals surface area contributed by atoms with Crippen molar-refractivity contribution in [3.8, 4) is 5.75 Å². The lowest BCUT2D eigenvalue weighted by Gasteiger charge is -2.07. The van der Waals surface area contributed by atoms with Crippen LogP contribution < -0.4 is 4.74 Å². The average Bonchev–Trinajstić information content (AvgIpc) is 3.11. The Hall–Kier alpha value is -1.07. The molecule has 3 rings (SSSR count). The molecule has 0 amide bonds. The molecule has 20 heavy (non-hydrogen) atoms. The quantitative estimate of drug-likeness (QED) is 0.806. The third-order valence-corrected chi connectivity index (χ3v) is 6.36. The third-order valence-electron chi connectivity index (χ3n) is 4.39. The first-order chi connectivity index (χ1) is 9.64. The number of methoxy groups -OCH3 is 1. The molecular weight excluding hydrogens is 274 g/mol. The largest absolute Gasteiger partial charge is 0.497 e. The molecule has 1 aromatic carbocycles. The minimum atomic E-state index is -3.33. The van der Waals surface area contributed by atoms with Gasteiger partial charge in [-0.3, -0.25) is 0 Å². The van der Waals surface area contributed by atoms with Gasteiger partial charge in [0.05, 0.1) is 12.0 Å². The first-order valence-electron chi connectivity index (χ1n) is 7.32. The molecule has 1 heterocycles. The van der Waals surface area contributed by atoms with Crippen LogP contribution in [0.4, 0.5) is 0 Å². The van der Waals surface area contributed by atoms with Crippen molar-refractivity contribution in [2.24, 2.45) is 0 Å². The summed E-state index contributed by atoms with van der Waals surface area (Å²) in [5, 5.41) is 0. The van der Waals surface area contributed by atoms with Crippen molar-refractivity contribution in [2.75, 3.05) is 7.11 Å². The lowest BCUT2D eigenvalue weighted by Crippen LogP contribution is -2.16. The van der Waals surface area contributed by atoms with Crippen molar-refractivity contribution in [1.82, 2.24) is 4.31 Å². The lowest BCUT2D eigenvalue weighted by atomic mass is 10.0. The van der Waals surface area contributed by atoms with Gasteiger partial charge < -0.3 is 4.74 Å². The fourth-order valence-electron chi connectivity index (χ4n) is 3.24. The summed E-state index contributed by atoms with van der Waals surface area (Å²) in [4.78, 5) is 0.380. The number of fused-ring (bicyclic) bond motifs is 1. The normalized spacial score (nSPS) is 29.9. The van der Waals surface area contributed by atoms with Crippen molar-refractivity contribution >= 4 is 10.0 Å². The molecule has 1 aliphatic heterocycles. The predicted molar refractivity (Wildman–Crippen MR) is 77.3 cm³/mol. The van der Waals surface area contributed by atoms with Crippen molar-refractivity contribution in [3.05, 3.63) is 24.3 Å². The maximum atomic E-state index is 12.7. The van der Waals surface area contributed by atoms with Crippen molar-refractivity contribution in [3.63, 3.8) is 0 Å². The summed E-state index contributed by atoms with van der Waals surface area (Å²) in [5.41, 5.74) is 0. The van der Waals surface area contributed by atoms with Gasteiger partial charge in [-0.25, -0.2) is 8.42 Å². The predicted octanol–water partition coefficient (Wildman–Crippen LogP) is 2.79. The van der Waals surface area contributed by atoms with E-state index in [2.05, 4.69) is 0 Å². The van der Waals surface area contributed by atoms with Crippen LogP contribution >= 0.6 is 0 Å². The summed E-state index contributed by atoms with van der Waals surface area (Å²) in [7, 11) is -1.75. The van der Waals surface area contributed by atoms with E-state index >= 15 is 0 Å². The highest BCUT2D eigenvalue weighted by molar-refractivity contribution is 7.89. The maximum absolute atomic E-state index is 12.7. The molecule has 5 heteroatoms. The number of rotatable bonds is 3. The second kappa shape index (κ2) is 5.37. The molecule has 4 nitrogen and oxygen atoms in total. The highest BCUT2D eigenvalue weighted by Crippen LogP contribution is 2.43. The lowest BCUT2D eigenvalue weighted by molar-refractivity contribution is 0.414. The van der Waals surface area contributed by atoms with Gasteiger partial charge in [0.2, 0.25) is 10.0 Å². The molecule has 2 unspecified atom stereocenters. The molecule has 0 N–H and O–H groups in total. The number of nitrogens with zero attached hydrogens (tertiary/aromatic N) is 1. The van der Waals surface area contributed by atoms with Crippen molar-refractivity contribution in [1.29, 1.82) is 0 Å². The molecule has 0 spiro atoms. The topological polar surface area (TPSA) is 46.4 Å². The van der Waals surface area contributed by atoms with E-state index in [1.807, 2.05) is 0 Å². The molecule has 1 saturated heterocycles. The summed E-state index contributed by atoms with van der Waals surface area (Å²) in [6, 6.07) is 7.17. The van der Waals surface area contributed by atoms with Gasteiger partial charge in [-0.1, -0.05) is 25.7 Å². The van der Waals surface area contributed by atoms with Crippen LogP contribution in [-0.2, 0) is 10.0 Å². The van der Waals surface area contributed by atoms with E-state index in [0.717, 1.165) is 25.7 Å². The van der Waals surface area contributed by atoms with Crippen LogP contribution in [0.2, 0.25) is 0 Å². The Bertz CT molecular complexity index is 553. The van der Waals surface area contributed by atoms with Gasteiger partial charge in [0, 0.05) is 12.1 Å². The van der Waals surface area contributed by atoms with Gasteiger partial charge in [-0.05, 0) is 37.1 Å². The number of ether oxygens (including phenoxy) is 1. The van der Waals surface area contributed by atoms with Gasteiger partial charge >= 0.3 is 0 Å². The van der Waals surface area contributed by atoms with Gasteiger partial charge in [0.15, 0.2) is 0 Å². The summed E-state index contributed by atoms with van der Waals surface area (Å²) >= 11 is 0. The van der Waals surface area contributed by atoms with E-state index in [0.29, 0.717) is 10.6 Å². The smallest absolute Gasteiger partial charge is 0.243 e. The second-order valence-corrected chi connectivity index (χ2v) is 7.48. The Balaban J connectivity index is 1.81. The van der Waals surface area contributed by atoms with Gasteiger partial charge in [-0.15, -0.1) is 0 Å². The standard InChI is InChI=1S/C15H21NO3S/c1-19-12-8-10-13(11-9-12)20(17,18)16-14-6-4-2-3-5-7-15(14)16/h8-11,14-15H,2-7H2,1H3. The second-order valence-electron chi connectivity index (χ2n) is 5.64. The molecule has 2 fully saturated rings. The molecular formula is C15H21NO3S. The van der Waals surface area contributed by atoms with Crippen LogP contribution in [0, 0.1) is 0 Å². The van der Waals surface area contributed by atoms with Gasteiger partial charge in [-0.2, -0.15) is 4.31 Å². The van der Waals surface area contributed by atoms with Gasteiger partial charge in [0.25, 0.3) is 0 Å².